The second-order valence-corrected chi connectivity index (χ2v) is 6.27. The molecule has 0 radical (unpaired) electrons. The van der Waals surface area contributed by atoms with E-state index in [1.807, 2.05) is 19.1 Å². The first-order valence-corrected chi connectivity index (χ1v) is 8.16. The van der Waals surface area contributed by atoms with Crippen molar-refractivity contribution >= 4 is 11.9 Å². The van der Waals surface area contributed by atoms with Crippen LogP contribution >= 0.6 is 0 Å². The van der Waals surface area contributed by atoms with Gasteiger partial charge in [0.15, 0.2) is 11.5 Å². The maximum Gasteiger partial charge on any atom is 0.303 e. The molecule has 0 saturated carbocycles. The number of likely N-dealkylation sites (tertiary alicyclic amines) is 1. The standard InChI is InChI=1S/C17H21N3O4/c1-11-4-6-15(24-11)13-9-14(19-18-13)17(23)20-8-2-3-12(10-20)5-7-16(21)22/h4,6,9,12H,2-3,5,7-8,10H2,1H3,(H,18,19)(H,21,22). The predicted octanol–water partition coefficient (Wildman–Crippen LogP) is 2.70. The van der Waals surface area contributed by atoms with Crippen molar-refractivity contribution in [2.24, 2.45) is 5.92 Å². The highest BCUT2D eigenvalue weighted by molar-refractivity contribution is 5.93. The van der Waals surface area contributed by atoms with Gasteiger partial charge in [-0.05, 0) is 44.2 Å². The van der Waals surface area contributed by atoms with Gasteiger partial charge in [-0.1, -0.05) is 0 Å². The third kappa shape index (κ3) is 3.67. The molecule has 0 spiro atoms. The lowest BCUT2D eigenvalue weighted by molar-refractivity contribution is -0.137. The van der Waals surface area contributed by atoms with Gasteiger partial charge in [0.25, 0.3) is 5.91 Å². The van der Waals surface area contributed by atoms with E-state index in [1.165, 1.54) is 0 Å². The topological polar surface area (TPSA) is 99.4 Å². The summed E-state index contributed by atoms with van der Waals surface area (Å²) in [7, 11) is 0. The Kier molecular flexibility index (Phi) is 4.69. The van der Waals surface area contributed by atoms with Crippen molar-refractivity contribution in [2.75, 3.05) is 13.1 Å². The van der Waals surface area contributed by atoms with Crippen LogP contribution in [0.25, 0.3) is 11.5 Å². The van der Waals surface area contributed by atoms with Gasteiger partial charge in [-0.3, -0.25) is 14.7 Å². The number of aromatic amines is 1. The minimum absolute atomic E-state index is 0.124. The molecule has 1 amide bonds. The molecule has 0 aliphatic carbocycles. The normalized spacial score (nSPS) is 17.9. The highest BCUT2D eigenvalue weighted by atomic mass is 16.4. The molecule has 1 unspecified atom stereocenters. The third-order valence-electron chi connectivity index (χ3n) is 4.38. The zero-order valence-corrected chi connectivity index (χ0v) is 13.6. The van der Waals surface area contributed by atoms with Crippen molar-refractivity contribution in [3.63, 3.8) is 0 Å². The molecular formula is C17H21N3O4. The number of aryl methyl sites for hydroxylation is 1. The van der Waals surface area contributed by atoms with E-state index in [1.54, 1.807) is 11.0 Å². The number of aliphatic carboxylic acids is 1. The van der Waals surface area contributed by atoms with Gasteiger partial charge >= 0.3 is 5.97 Å². The molecule has 2 aromatic rings. The van der Waals surface area contributed by atoms with E-state index in [4.69, 9.17) is 9.52 Å². The van der Waals surface area contributed by atoms with E-state index < -0.39 is 5.97 Å². The molecule has 24 heavy (non-hydrogen) atoms. The molecule has 0 aromatic carbocycles. The van der Waals surface area contributed by atoms with Crippen LogP contribution in [0.4, 0.5) is 0 Å². The quantitative estimate of drug-likeness (QED) is 0.877. The van der Waals surface area contributed by atoms with E-state index >= 15 is 0 Å². The molecule has 2 aromatic heterocycles. The van der Waals surface area contributed by atoms with Crippen LogP contribution in [0.5, 0.6) is 0 Å². The van der Waals surface area contributed by atoms with Crippen LogP contribution < -0.4 is 0 Å². The zero-order valence-electron chi connectivity index (χ0n) is 13.6. The van der Waals surface area contributed by atoms with Gasteiger partial charge in [-0.2, -0.15) is 5.10 Å². The van der Waals surface area contributed by atoms with Crippen molar-refractivity contribution in [1.82, 2.24) is 15.1 Å². The number of rotatable bonds is 5. The number of carbonyl (C=O) groups is 2. The Bertz CT molecular complexity index is 734. The molecule has 0 bridgehead atoms. The molecule has 1 aliphatic heterocycles. The smallest absolute Gasteiger partial charge is 0.303 e. The minimum atomic E-state index is -0.788. The van der Waals surface area contributed by atoms with Crippen LogP contribution in [0.3, 0.4) is 0 Å². The van der Waals surface area contributed by atoms with E-state index in [0.717, 1.165) is 18.6 Å². The average Bonchev–Trinajstić information content (AvgIpc) is 3.21. The molecule has 7 nitrogen and oxygen atoms in total. The van der Waals surface area contributed by atoms with Gasteiger partial charge in [0.05, 0.1) is 0 Å². The first-order chi connectivity index (χ1) is 11.5. The number of hydrogen-bond donors (Lipinski definition) is 2. The van der Waals surface area contributed by atoms with Crippen molar-refractivity contribution in [2.45, 2.75) is 32.6 Å². The summed E-state index contributed by atoms with van der Waals surface area (Å²) in [6.45, 7) is 3.13. The van der Waals surface area contributed by atoms with Crippen LogP contribution in [0.2, 0.25) is 0 Å². The van der Waals surface area contributed by atoms with Gasteiger partial charge < -0.3 is 14.4 Å². The number of piperidine rings is 1. The number of carboxylic acids is 1. The van der Waals surface area contributed by atoms with Crippen LogP contribution in [0, 0.1) is 12.8 Å². The van der Waals surface area contributed by atoms with Crippen molar-refractivity contribution in [1.29, 1.82) is 0 Å². The van der Waals surface area contributed by atoms with E-state index in [0.29, 0.717) is 36.7 Å². The summed E-state index contributed by atoms with van der Waals surface area (Å²) >= 11 is 0. The number of hydrogen-bond acceptors (Lipinski definition) is 4. The van der Waals surface area contributed by atoms with Gasteiger partial charge in [0.1, 0.15) is 11.5 Å². The lowest BCUT2D eigenvalue weighted by atomic mass is 9.93. The molecule has 128 valence electrons. The Hall–Kier alpha value is -2.57. The van der Waals surface area contributed by atoms with Crippen LogP contribution in [0.1, 0.15) is 41.9 Å². The summed E-state index contributed by atoms with van der Waals surface area (Å²) < 4.78 is 5.53. The van der Waals surface area contributed by atoms with E-state index in [2.05, 4.69) is 10.2 Å². The highest BCUT2D eigenvalue weighted by Crippen LogP contribution is 2.24. The lowest BCUT2D eigenvalue weighted by Gasteiger charge is -2.32. The van der Waals surface area contributed by atoms with Gasteiger partial charge in [-0.25, -0.2) is 0 Å². The molecule has 3 heterocycles. The molecular weight excluding hydrogens is 310 g/mol. The van der Waals surface area contributed by atoms with Gasteiger partial charge in [-0.15, -0.1) is 0 Å². The Labute approximate surface area is 139 Å². The minimum Gasteiger partial charge on any atom is -0.481 e. The summed E-state index contributed by atoms with van der Waals surface area (Å²) in [6, 6.07) is 5.39. The number of nitrogens with one attached hydrogen (secondary N) is 1. The van der Waals surface area contributed by atoms with Gasteiger partial charge in [0, 0.05) is 25.6 Å². The fourth-order valence-corrected chi connectivity index (χ4v) is 3.11. The third-order valence-corrected chi connectivity index (χ3v) is 4.38. The molecule has 7 heteroatoms. The molecule has 1 atom stereocenters. The Balaban J connectivity index is 1.65. The van der Waals surface area contributed by atoms with Gasteiger partial charge in [0.2, 0.25) is 0 Å². The van der Waals surface area contributed by atoms with Crippen molar-refractivity contribution in [3.05, 3.63) is 29.7 Å². The Morgan fingerprint density at radius 1 is 1.46 bits per heavy atom. The zero-order chi connectivity index (χ0) is 17.1. The number of carbonyl (C=O) groups excluding carboxylic acids is 1. The average molecular weight is 331 g/mol. The Morgan fingerprint density at radius 3 is 3.00 bits per heavy atom. The predicted molar refractivity (Wildman–Crippen MR) is 86.5 cm³/mol. The second-order valence-electron chi connectivity index (χ2n) is 6.27. The number of H-pyrrole nitrogens is 1. The maximum atomic E-state index is 12.6. The number of carboxylic acid groups (broad SMARTS) is 1. The molecule has 3 rings (SSSR count). The lowest BCUT2D eigenvalue weighted by Crippen LogP contribution is -2.40. The van der Waals surface area contributed by atoms with E-state index in [9.17, 15) is 9.59 Å². The summed E-state index contributed by atoms with van der Waals surface area (Å²) in [4.78, 5) is 25.1. The van der Waals surface area contributed by atoms with Crippen LogP contribution in [0.15, 0.2) is 22.6 Å². The molecule has 2 N–H and O–H groups in total. The molecule has 1 saturated heterocycles. The summed E-state index contributed by atoms with van der Waals surface area (Å²) in [5.74, 6) is 0.775. The van der Waals surface area contributed by atoms with Crippen molar-refractivity contribution < 1.29 is 19.1 Å². The summed E-state index contributed by atoms with van der Waals surface area (Å²) in [5, 5.41) is 15.7. The molecule has 1 fully saturated rings. The number of furan rings is 1. The monoisotopic (exact) mass is 331 g/mol. The van der Waals surface area contributed by atoms with Crippen LogP contribution in [-0.2, 0) is 4.79 Å². The maximum absolute atomic E-state index is 12.6. The summed E-state index contributed by atoms with van der Waals surface area (Å²) in [6.07, 6.45) is 2.62. The fraction of sp³-hybridized carbons (Fsp3) is 0.471. The number of amides is 1. The second kappa shape index (κ2) is 6.90. The number of aromatic nitrogens is 2. The largest absolute Gasteiger partial charge is 0.481 e. The highest BCUT2D eigenvalue weighted by Gasteiger charge is 2.26. The SMILES string of the molecule is Cc1ccc(-c2cc(C(=O)N3CCCC(CCC(=O)O)C3)n[nH]2)o1. The molecule has 1 aliphatic rings. The Morgan fingerprint density at radius 2 is 2.29 bits per heavy atom. The number of nitrogens with zero attached hydrogens (tertiary/aromatic N) is 2. The first-order valence-electron chi connectivity index (χ1n) is 8.16. The van der Waals surface area contributed by atoms with Crippen molar-refractivity contribution in [3.8, 4) is 11.5 Å². The van der Waals surface area contributed by atoms with Crippen LogP contribution in [-0.4, -0.2) is 45.2 Å². The first kappa shape index (κ1) is 16.3. The van der Waals surface area contributed by atoms with E-state index in [-0.39, 0.29) is 18.2 Å². The summed E-state index contributed by atoms with van der Waals surface area (Å²) in [5.41, 5.74) is 1.03. The fourth-order valence-electron chi connectivity index (χ4n) is 3.11.